The van der Waals surface area contributed by atoms with Gasteiger partial charge in [0.05, 0.1) is 5.69 Å². The molecule has 6 rings (SSSR count). The van der Waals surface area contributed by atoms with Crippen molar-refractivity contribution in [2.45, 2.75) is 44.1 Å². The third kappa shape index (κ3) is 3.20. The van der Waals surface area contributed by atoms with Gasteiger partial charge in [-0.3, -0.25) is 9.79 Å². The van der Waals surface area contributed by atoms with E-state index in [0.29, 0.717) is 12.0 Å². The van der Waals surface area contributed by atoms with Gasteiger partial charge in [0.1, 0.15) is 0 Å². The van der Waals surface area contributed by atoms with Gasteiger partial charge in [0.15, 0.2) is 0 Å². The highest BCUT2D eigenvalue weighted by Crippen LogP contribution is 2.42. The van der Waals surface area contributed by atoms with Gasteiger partial charge in [-0.1, -0.05) is 54.6 Å². The first-order valence-electron chi connectivity index (χ1n) is 11.4. The first kappa shape index (κ1) is 18.6. The van der Waals surface area contributed by atoms with E-state index >= 15 is 0 Å². The molecule has 1 amide bonds. The van der Waals surface area contributed by atoms with E-state index in [-0.39, 0.29) is 5.91 Å². The van der Waals surface area contributed by atoms with Gasteiger partial charge in [0.2, 0.25) is 0 Å². The maximum atomic E-state index is 13.5. The van der Waals surface area contributed by atoms with Crippen molar-refractivity contribution >= 4 is 17.8 Å². The summed E-state index contributed by atoms with van der Waals surface area (Å²) in [7, 11) is 0. The summed E-state index contributed by atoms with van der Waals surface area (Å²) in [5.74, 6) is 0.614. The topological polar surface area (TPSA) is 32.7 Å². The van der Waals surface area contributed by atoms with Crippen LogP contribution >= 0.6 is 0 Å². The van der Waals surface area contributed by atoms with Crippen molar-refractivity contribution in [3.63, 3.8) is 0 Å². The molecule has 0 aromatic heterocycles. The first-order valence-corrected chi connectivity index (χ1v) is 11.4. The molecular formula is C28H26N2O. The Morgan fingerprint density at radius 3 is 2.71 bits per heavy atom. The Hall–Kier alpha value is -3.20. The van der Waals surface area contributed by atoms with Crippen molar-refractivity contribution < 1.29 is 4.79 Å². The molecule has 0 spiro atoms. The fourth-order valence-electron chi connectivity index (χ4n) is 5.72. The number of amides is 1. The average Bonchev–Trinajstić information content (AvgIpc) is 3.31. The largest absolute Gasteiger partial charge is 0.335 e. The summed E-state index contributed by atoms with van der Waals surface area (Å²) < 4.78 is 0. The van der Waals surface area contributed by atoms with E-state index in [9.17, 15) is 4.79 Å². The summed E-state index contributed by atoms with van der Waals surface area (Å²) in [6, 6.07) is 23.9. The summed E-state index contributed by atoms with van der Waals surface area (Å²) >= 11 is 0. The van der Waals surface area contributed by atoms with E-state index in [0.717, 1.165) is 43.5 Å². The quantitative estimate of drug-likeness (QED) is 0.518. The van der Waals surface area contributed by atoms with Crippen LogP contribution in [0.3, 0.4) is 0 Å². The van der Waals surface area contributed by atoms with Crippen LogP contribution in [0.25, 0.3) is 11.1 Å². The molecule has 2 aliphatic heterocycles. The van der Waals surface area contributed by atoms with Crippen molar-refractivity contribution in [3.8, 4) is 11.1 Å². The zero-order valence-electron chi connectivity index (χ0n) is 17.6. The molecule has 3 nitrogen and oxygen atoms in total. The standard InChI is InChI=1S/C28H26N2O/c31-28(23-9-8-20-14-15-29-26(20)18-23)30-16-4-7-25-24-12-10-21(19-5-2-1-3-6-19)17-22(24)11-13-27(25)30/h1-3,5-6,8-10,12,15,17-18,25,27H,4,7,11,13-14,16H2/t25?,27-/m1/s1. The Kier molecular flexibility index (Phi) is 4.48. The fraction of sp³-hybridized carbons (Fsp3) is 0.286. The second-order valence-corrected chi connectivity index (χ2v) is 8.99. The number of fused-ring (bicyclic) bond motifs is 4. The minimum absolute atomic E-state index is 0.170. The molecule has 1 aliphatic carbocycles. The molecule has 3 aromatic rings. The third-order valence-corrected chi connectivity index (χ3v) is 7.27. The molecule has 1 saturated heterocycles. The van der Waals surface area contributed by atoms with Crippen LogP contribution in [0, 0.1) is 0 Å². The highest BCUT2D eigenvalue weighted by atomic mass is 16.2. The van der Waals surface area contributed by atoms with Crippen molar-refractivity contribution in [2.75, 3.05) is 6.54 Å². The molecule has 3 aromatic carbocycles. The van der Waals surface area contributed by atoms with Crippen LogP contribution in [0.4, 0.5) is 5.69 Å². The van der Waals surface area contributed by atoms with Gasteiger partial charge < -0.3 is 4.90 Å². The van der Waals surface area contributed by atoms with E-state index in [4.69, 9.17) is 0 Å². The van der Waals surface area contributed by atoms with Gasteiger partial charge >= 0.3 is 0 Å². The van der Waals surface area contributed by atoms with Gasteiger partial charge in [0, 0.05) is 36.7 Å². The minimum atomic E-state index is 0.170. The molecule has 31 heavy (non-hydrogen) atoms. The van der Waals surface area contributed by atoms with Crippen LogP contribution in [0.1, 0.15) is 52.2 Å². The number of hydrogen-bond donors (Lipinski definition) is 0. The monoisotopic (exact) mass is 406 g/mol. The molecule has 3 aliphatic rings. The summed E-state index contributed by atoms with van der Waals surface area (Å²) in [6.07, 6.45) is 7.12. The second kappa shape index (κ2) is 7.49. The Labute approximate surface area is 183 Å². The van der Waals surface area contributed by atoms with Crippen molar-refractivity contribution in [2.24, 2.45) is 4.99 Å². The van der Waals surface area contributed by atoms with E-state index in [1.807, 2.05) is 18.3 Å². The molecule has 0 N–H and O–H groups in total. The summed E-state index contributed by atoms with van der Waals surface area (Å²) in [6.45, 7) is 0.859. The van der Waals surface area contributed by atoms with Crippen molar-refractivity contribution in [1.29, 1.82) is 0 Å². The summed E-state index contributed by atoms with van der Waals surface area (Å²) in [4.78, 5) is 20.1. The number of benzene rings is 3. The van der Waals surface area contributed by atoms with Gasteiger partial charge in [-0.15, -0.1) is 0 Å². The number of piperidine rings is 1. The third-order valence-electron chi connectivity index (χ3n) is 7.27. The number of rotatable bonds is 2. The second-order valence-electron chi connectivity index (χ2n) is 8.99. The van der Waals surface area contributed by atoms with Crippen LogP contribution < -0.4 is 0 Å². The lowest BCUT2D eigenvalue weighted by Crippen LogP contribution is -2.49. The Morgan fingerprint density at radius 2 is 1.81 bits per heavy atom. The summed E-state index contributed by atoms with van der Waals surface area (Å²) in [5.41, 5.74) is 8.43. The van der Waals surface area contributed by atoms with Gasteiger partial charge in [-0.25, -0.2) is 0 Å². The lowest BCUT2D eigenvalue weighted by atomic mass is 9.73. The normalized spacial score (nSPS) is 21.4. The van der Waals surface area contributed by atoms with Crippen molar-refractivity contribution in [3.05, 3.63) is 89.0 Å². The molecular weight excluding hydrogens is 380 g/mol. The molecule has 3 heteroatoms. The predicted octanol–water partition coefficient (Wildman–Crippen LogP) is 5.95. The van der Waals surface area contributed by atoms with Gasteiger partial charge in [-0.2, -0.15) is 0 Å². The Bertz CT molecular complexity index is 1180. The highest BCUT2D eigenvalue weighted by Gasteiger charge is 2.38. The van der Waals surface area contributed by atoms with Crippen molar-refractivity contribution in [1.82, 2.24) is 4.90 Å². The SMILES string of the molecule is O=C(c1ccc2c(c1)N=CC2)N1CCCC2c3ccc(-c4ccccc4)cc3CC[C@H]21. The Balaban J connectivity index is 1.29. The smallest absolute Gasteiger partial charge is 0.254 e. The first-order chi connectivity index (χ1) is 15.3. The number of carbonyl (C=O) groups is 1. The Morgan fingerprint density at radius 1 is 0.903 bits per heavy atom. The summed E-state index contributed by atoms with van der Waals surface area (Å²) in [5, 5.41) is 0. The van der Waals surface area contributed by atoms with Crippen LogP contribution in [0.15, 0.2) is 71.7 Å². The number of hydrogen-bond acceptors (Lipinski definition) is 2. The predicted molar refractivity (Wildman–Crippen MR) is 125 cm³/mol. The molecule has 2 heterocycles. The van der Waals surface area contributed by atoms with E-state index in [1.165, 1.54) is 34.2 Å². The van der Waals surface area contributed by atoms with Gasteiger partial charge in [0.25, 0.3) is 5.91 Å². The number of nitrogens with zero attached hydrogens (tertiary/aromatic N) is 2. The fourth-order valence-corrected chi connectivity index (χ4v) is 5.72. The molecule has 1 fully saturated rings. The van der Waals surface area contributed by atoms with Crippen LogP contribution in [-0.2, 0) is 12.8 Å². The molecule has 154 valence electrons. The maximum Gasteiger partial charge on any atom is 0.254 e. The zero-order chi connectivity index (χ0) is 20.8. The lowest BCUT2D eigenvalue weighted by Gasteiger charge is -2.45. The van der Waals surface area contributed by atoms with E-state index < -0.39 is 0 Å². The zero-order valence-corrected chi connectivity index (χ0v) is 17.6. The highest BCUT2D eigenvalue weighted by molar-refractivity contribution is 5.96. The van der Waals surface area contributed by atoms with Crippen LogP contribution in [-0.4, -0.2) is 29.6 Å². The van der Waals surface area contributed by atoms with E-state index in [1.54, 1.807) is 0 Å². The molecule has 2 atom stereocenters. The average molecular weight is 407 g/mol. The van der Waals surface area contributed by atoms with Crippen LogP contribution in [0.2, 0.25) is 0 Å². The van der Waals surface area contributed by atoms with Gasteiger partial charge in [-0.05, 0) is 65.6 Å². The lowest BCUT2D eigenvalue weighted by molar-refractivity contribution is 0.0547. The number of aliphatic imine (C=N–C) groups is 1. The minimum Gasteiger partial charge on any atom is -0.335 e. The number of carbonyl (C=O) groups excluding carboxylic acids is 1. The van der Waals surface area contributed by atoms with Crippen LogP contribution in [0.5, 0.6) is 0 Å². The number of aryl methyl sites for hydroxylation is 1. The molecule has 0 radical (unpaired) electrons. The number of likely N-dealkylation sites (tertiary alicyclic amines) is 1. The molecule has 0 saturated carbocycles. The molecule has 1 unspecified atom stereocenters. The molecule has 0 bridgehead atoms. The van der Waals surface area contributed by atoms with E-state index in [2.05, 4.69) is 64.5 Å². The maximum absolute atomic E-state index is 13.5.